The lowest BCUT2D eigenvalue weighted by Gasteiger charge is -2.07. The van der Waals surface area contributed by atoms with Crippen LogP contribution in [0.25, 0.3) is 10.9 Å². The molecule has 1 aliphatic heterocycles. The predicted octanol–water partition coefficient (Wildman–Crippen LogP) is 6.35. The van der Waals surface area contributed by atoms with Crippen molar-refractivity contribution in [2.24, 2.45) is 4.99 Å². The highest BCUT2D eigenvalue weighted by Gasteiger charge is 2.30. The number of nitrogens with zero attached hydrogens (tertiary/aromatic N) is 1. The SMILES string of the molecule is O=C1C(c2[nH]c3ccc(OCc4ccccc4)cc3c2O)=Nc2ccc(OCc3ccccc3)cc21. The molecule has 0 fully saturated rings. The van der Waals surface area contributed by atoms with Crippen molar-refractivity contribution >= 4 is 28.1 Å². The monoisotopic (exact) mass is 474 g/mol. The molecule has 0 unspecified atom stereocenters. The van der Waals surface area contributed by atoms with Gasteiger partial charge < -0.3 is 19.6 Å². The number of rotatable bonds is 7. The number of carbonyl (C=O) groups is 1. The van der Waals surface area contributed by atoms with E-state index in [2.05, 4.69) is 9.98 Å². The zero-order valence-corrected chi connectivity index (χ0v) is 19.3. The Kier molecular flexibility index (Phi) is 5.46. The van der Waals surface area contributed by atoms with Gasteiger partial charge in [-0.2, -0.15) is 0 Å². The lowest BCUT2D eigenvalue weighted by molar-refractivity contribution is 0.106. The van der Waals surface area contributed by atoms with Crippen LogP contribution in [-0.2, 0) is 13.2 Å². The van der Waals surface area contributed by atoms with E-state index in [1.54, 1.807) is 24.3 Å². The highest BCUT2D eigenvalue weighted by atomic mass is 16.5. The number of hydrogen-bond donors (Lipinski definition) is 2. The molecule has 0 saturated carbocycles. The number of fused-ring (bicyclic) bond motifs is 2. The maximum absolute atomic E-state index is 13.2. The zero-order valence-electron chi connectivity index (χ0n) is 19.3. The summed E-state index contributed by atoms with van der Waals surface area (Å²) in [6.07, 6.45) is 0. The second kappa shape index (κ2) is 9.07. The summed E-state index contributed by atoms with van der Waals surface area (Å²) in [5.74, 6) is 0.909. The molecule has 36 heavy (non-hydrogen) atoms. The molecule has 1 aliphatic rings. The van der Waals surface area contributed by atoms with E-state index in [0.717, 1.165) is 11.1 Å². The molecule has 0 bridgehead atoms. The lowest BCUT2D eigenvalue weighted by atomic mass is 10.1. The van der Waals surface area contributed by atoms with Crippen molar-refractivity contribution in [3.8, 4) is 17.2 Å². The molecule has 0 radical (unpaired) electrons. The molecule has 5 aromatic rings. The molecule has 0 atom stereocenters. The number of nitrogens with one attached hydrogen (secondary N) is 1. The van der Waals surface area contributed by atoms with Gasteiger partial charge in [-0.15, -0.1) is 0 Å². The maximum Gasteiger partial charge on any atom is 0.215 e. The zero-order chi connectivity index (χ0) is 24.5. The number of hydrogen-bond acceptors (Lipinski definition) is 5. The standard InChI is InChI=1S/C30H22N2O4/c33-29-23-15-21(35-17-19-7-3-1-4-8-19)11-13-25(23)31-27(29)28-30(34)24-16-22(12-14-26(24)32-28)36-18-20-9-5-2-6-10-20/h1-16,31,33H,17-18H2. The number of benzene rings is 4. The minimum absolute atomic E-state index is 0.0318. The van der Waals surface area contributed by atoms with E-state index < -0.39 is 0 Å². The molecule has 2 N–H and O–H groups in total. The Morgan fingerprint density at radius 1 is 0.750 bits per heavy atom. The summed E-state index contributed by atoms with van der Waals surface area (Å²) < 4.78 is 11.8. The van der Waals surface area contributed by atoms with Gasteiger partial charge in [0.15, 0.2) is 5.75 Å². The van der Waals surface area contributed by atoms with Gasteiger partial charge in [-0.25, -0.2) is 4.99 Å². The molecule has 4 aromatic carbocycles. The van der Waals surface area contributed by atoms with Crippen molar-refractivity contribution in [3.63, 3.8) is 0 Å². The Morgan fingerprint density at radius 2 is 1.36 bits per heavy atom. The van der Waals surface area contributed by atoms with Crippen LogP contribution in [0.3, 0.4) is 0 Å². The van der Waals surface area contributed by atoms with E-state index >= 15 is 0 Å². The number of aromatic amines is 1. The van der Waals surface area contributed by atoms with Crippen molar-refractivity contribution in [2.75, 3.05) is 0 Å². The molecule has 0 saturated heterocycles. The van der Waals surface area contributed by atoms with Gasteiger partial charge in [0, 0.05) is 10.9 Å². The van der Waals surface area contributed by atoms with Crippen LogP contribution in [0.5, 0.6) is 17.2 Å². The number of carbonyl (C=O) groups excluding carboxylic acids is 1. The van der Waals surface area contributed by atoms with Gasteiger partial charge >= 0.3 is 0 Å². The number of aliphatic imine (C=N–C) groups is 1. The fourth-order valence-electron chi connectivity index (χ4n) is 4.25. The first kappa shape index (κ1) is 21.7. The largest absolute Gasteiger partial charge is 0.505 e. The van der Waals surface area contributed by atoms with Gasteiger partial charge in [-0.05, 0) is 47.5 Å². The van der Waals surface area contributed by atoms with E-state index in [1.807, 2.05) is 72.8 Å². The summed E-state index contributed by atoms with van der Waals surface area (Å²) >= 11 is 0. The van der Waals surface area contributed by atoms with Crippen molar-refractivity contribution in [1.82, 2.24) is 4.98 Å². The third kappa shape index (κ3) is 4.09. The first-order valence-electron chi connectivity index (χ1n) is 11.6. The summed E-state index contributed by atoms with van der Waals surface area (Å²) in [6.45, 7) is 0.818. The van der Waals surface area contributed by atoms with E-state index in [-0.39, 0.29) is 22.9 Å². The summed E-state index contributed by atoms with van der Waals surface area (Å²) in [6, 6.07) is 30.3. The van der Waals surface area contributed by atoms with Crippen LogP contribution in [0.4, 0.5) is 5.69 Å². The van der Waals surface area contributed by atoms with Crippen molar-refractivity contribution in [1.29, 1.82) is 0 Å². The van der Waals surface area contributed by atoms with Gasteiger partial charge in [0.2, 0.25) is 5.78 Å². The molecule has 2 heterocycles. The molecule has 0 spiro atoms. The van der Waals surface area contributed by atoms with Crippen molar-refractivity contribution in [3.05, 3.63) is 119 Å². The van der Waals surface area contributed by atoms with Crippen LogP contribution < -0.4 is 9.47 Å². The van der Waals surface area contributed by atoms with Crippen LogP contribution >= 0.6 is 0 Å². The first-order valence-corrected chi connectivity index (χ1v) is 11.6. The van der Waals surface area contributed by atoms with Gasteiger partial charge in [-0.1, -0.05) is 60.7 Å². The van der Waals surface area contributed by atoms with E-state index in [0.29, 0.717) is 46.9 Å². The van der Waals surface area contributed by atoms with Crippen LogP contribution in [0.15, 0.2) is 102 Å². The number of ether oxygens (including phenoxy) is 2. The van der Waals surface area contributed by atoms with Crippen molar-refractivity contribution < 1.29 is 19.4 Å². The van der Waals surface area contributed by atoms with Gasteiger partial charge in [0.05, 0.1) is 11.3 Å². The van der Waals surface area contributed by atoms with Gasteiger partial charge in [0.1, 0.15) is 36.1 Å². The summed E-state index contributed by atoms with van der Waals surface area (Å²) in [7, 11) is 0. The fourth-order valence-corrected chi connectivity index (χ4v) is 4.25. The Hall–Kier alpha value is -4.84. The normalized spacial score (nSPS) is 12.4. The second-order valence-electron chi connectivity index (χ2n) is 8.57. The average molecular weight is 475 g/mol. The molecule has 0 amide bonds. The summed E-state index contributed by atoms with van der Waals surface area (Å²) in [5, 5.41) is 11.5. The van der Waals surface area contributed by atoms with E-state index in [4.69, 9.17) is 9.47 Å². The highest BCUT2D eigenvalue weighted by Crippen LogP contribution is 2.37. The number of ketones is 1. The molecule has 0 aliphatic carbocycles. The predicted molar refractivity (Wildman–Crippen MR) is 138 cm³/mol. The van der Waals surface area contributed by atoms with Crippen LogP contribution in [0, 0.1) is 0 Å². The van der Waals surface area contributed by atoms with Crippen molar-refractivity contribution in [2.45, 2.75) is 13.2 Å². The Morgan fingerprint density at radius 3 is 2.03 bits per heavy atom. The number of H-pyrrole nitrogens is 1. The second-order valence-corrected chi connectivity index (χ2v) is 8.57. The number of aromatic hydroxyl groups is 1. The average Bonchev–Trinajstić information content (AvgIpc) is 3.43. The Bertz CT molecular complexity index is 1600. The summed E-state index contributed by atoms with van der Waals surface area (Å²) in [5.41, 5.74) is 4.23. The first-order chi connectivity index (χ1) is 17.7. The maximum atomic E-state index is 13.2. The molecule has 176 valence electrons. The summed E-state index contributed by atoms with van der Waals surface area (Å²) in [4.78, 5) is 20.9. The molecule has 6 heteroatoms. The number of Topliss-reactive ketones (excluding diaryl/α,β-unsaturated/α-hetero) is 1. The minimum Gasteiger partial charge on any atom is -0.505 e. The van der Waals surface area contributed by atoms with Gasteiger partial charge in [0.25, 0.3) is 0 Å². The smallest absolute Gasteiger partial charge is 0.215 e. The van der Waals surface area contributed by atoms with E-state index in [1.165, 1.54) is 0 Å². The molecule has 6 nitrogen and oxygen atoms in total. The third-order valence-corrected chi connectivity index (χ3v) is 6.14. The van der Waals surface area contributed by atoms with Crippen LogP contribution in [0.2, 0.25) is 0 Å². The topological polar surface area (TPSA) is 83.9 Å². The minimum atomic E-state index is -0.266. The van der Waals surface area contributed by atoms with Crippen LogP contribution in [-0.4, -0.2) is 21.6 Å². The number of aromatic nitrogens is 1. The highest BCUT2D eigenvalue weighted by molar-refractivity contribution is 6.55. The van der Waals surface area contributed by atoms with Gasteiger partial charge in [-0.3, -0.25) is 4.79 Å². The molecule has 1 aromatic heterocycles. The lowest BCUT2D eigenvalue weighted by Crippen LogP contribution is -2.11. The molecule has 6 rings (SSSR count). The Balaban J connectivity index is 1.22. The quantitative estimate of drug-likeness (QED) is 0.288. The van der Waals surface area contributed by atoms with E-state index in [9.17, 15) is 9.90 Å². The molecular weight excluding hydrogens is 452 g/mol. The third-order valence-electron chi connectivity index (χ3n) is 6.14. The fraction of sp³-hybridized carbons (Fsp3) is 0.0667. The Labute approximate surface area is 207 Å². The molecular formula is C30H22N2O4. The van der Waals surface area contributed by atoms with Crippen LogP contribution in [0.1, 0.15) is 27.2 Å².